The number of hydrogen-bond acceptors (Lipinski definition) is 4. The number of benzene rings is 2. The fourth-order valence-electron chi connectivity index (χ4n) is 2.29. The summed E-state index contributed by atoms with van der Waals surface area (Å²) in [6, 6.07) is 8.36. The number of sulfonamides is 1. The van der Waals surface area contributed by atoms with Crippen molar-refractivity contribution in [3.05, 3.63) is 68.2 Å². The van der Waals surface area contributed by atoms with Crippen LogP contribution in [0.2, 0.25) is 5.02 Å². The zero-order valence-corrected chi connectivity index (χ0v) is 15.0. The van der Waals surface area contributed by atoms with Gasteiger partial charge in [0.2, 0.25) is 10.0 Å². The van der Waals surface area contributed by atoms with Crippen molar-refractivity contribution in [1.29, 1.82) is 0 Å². The fraction of sp³-hybridized carbons (Fsp3) is 0.250. The summed E-state index contributed by atoms with van der Waals surface area (Å²) in [6.45, 7) is 5.09. The Morgan fingerprint density at radius 2 is 1.71 bits per heavy atom. The molecule has 0 heterocycles. The molecular weight excluding hydrogens is 352 g/mol. The maximum Gasteiger partial charge on any atom is 0.269 e. The number of nitrogens with one attached hydrogen (secondary N) is 1. The van der Waals surface area contributed by atoms with Crippen LogP contribution in [0.1, 0.15) is 29.7 Å². The summed E-state index contributed by atoms with van der Waals surface area (Å²) < 4.78 is 27.8. The topological polar surface area (TPSA) is 89.3 Å². The number of hydrogen-bond donors (Lipinski definition) is 1. The normalized spacial score (nSPS) is 12.8. The Balaban J connectivity index is 2.28. The second kappa shape index (κ2) is 6.88. The summed E-state index contributed by atoms with van der Waals surface area (Å²) >= 11 is 6.01. The van der Waals surface area contributed by atoms with Gasteiger partial charge in [-0.1, -0.05) is 23.7 Å². The van der Waals surface area contributed by atoms with E-state index in [4.69, 9.17) is 11.6 Å². The van der Waals surface area contributed by atoms with Crippen molar-refractivity contribution in [3.63, 3.8) is 0 Å². The Kier molecular flexibility index (Phi) is 5.27. The Labute approximate surface area is 145 Å². The SMILES string of the molecule is Cc1cc(S(=O)(=O)NC(C)c2ccc([N+](=O)[O-])cc2)c(C)cc1Cl. The lowest BCUT2D eigenvalue weighted by Gasteiger charge is -2.16. The Morgan fingerprint density at radius 1 is 1.12 bits per heavy atom. The number of nitro groups is 1. The molecule has 0 saturated heterocycles. The third-order valence-electron chi connectivity index (χ3n) is 3.68. The van der Waals surface area contributed by atoms with Crippen LogP contribution in [0.25, 0.3) is 0 Å². The zero-order chi connectivity index (χ0) is 18.1. The molecule has 2 aromatic rings. The maximum absolute atomic E-state index is 12.6. The molecule has 2 rings (SSSR count). The number of rotatable bonds is 5. The average molecular weight is 369 g/mol. The first kappa shape index (κ1) is 18.4. The van der Waals surface area contributed by atoms with E-state index in [1.54, 1.807) is 26.8 Å². The molecule has 24 heavy (non-hydrogen) atoms. The zero-order valence-electron chi connectivity index (χ0n) is 13.4. The summed E-state index contributed by atoms with van der Waals surface area (Å²) in [7, 11) is -3.75. The first-order valence-corrected chi connectivity index (χ1v) is 9.01. The van der Waals surface area contributed by atoms with E-state index in [2.05, 4.69) is 4.72 Å². The van der Waals surface area contributed by atoms with Crippen LogP contribution in [0.5, 0.6) is 0 Å². The summed E-state index contributed by atoms with van der Waals surface area (Å²) in [5.74, 6) is 0. The average Bonchev–Trinajstić information content (AvgIpc) is 2.50. The van der Waals surface area contributed by atoms with Gasteiger partial charge in [0.1, 0.15) is 0 Å². The number of halogens is 1. The van der Waals surface area contributed by atoms with Gasteiger partial charge in [0.05, 0.1) is 9.82 Å². The van der Waals surface area contributed by atoms with Gasteiger partial charge in [-0.3, -0.25) is 10.1 Å². The molecule has 0 spiro atoms. The molecule has 8 heteroatoms. The van der Waals surface area contributed by atoms with Gasteiger partial charge in [-0.05, 0) is 49.6 Å². The number of non-ortho nitro benzene ring substituents is 1. The van der Waals surface area contributed by atoms with Gasteiger partial charge in [-0.2, -0.15) is 0 Å². The highest BCUT2D eigenvalue weighted by Gasteiger charge is 2.21. The number of aryl methyl sites for hydroxylation is 2. The van der Waals surface area contributed by atoms with Crippen molar-refractivity contribution in [3.8, 4) is 0 Å². The lowest BCUT2D eigenvalue weighted by molar-refractivity contribution is -0.384. The molecule has 0 fully saturated rings. The van der Waals surface area contributed by atoms with E-state index in [0.29, 0.717) is 21.7 Å². The van der Waals surface area contributed by atoms with E-state index in [1.165, 1.54) is 30.3 Å². The standard InChI is InChI=1S/C16H17ClN2O4S/c1-10-9-16(11(2)8-15(10)17)24(22,23)18-12(3)13-4-6-14(7-5-13)19(20)21/h4-9,12,18H,1-3H3. The minimum absolute atomic E-state index is 0.0435. The molecule has 0 aliphatic rings. The van der Waals surface area contributed by atoms with Crippen LogP contribution in [0.15, 0.2) is 41.3 Å². The first-order chi connectivity index (χ1) is 11.1. The molecule has 128 valence electrons. The van der Waals surface area contributed by atoms with Gasteiger partial charge in [-0.25, -0.2) is 13.1 Å². The predicted octanol–water partition coefficient (Wildman–Crippen LogP) is 3.90. The quantitative estimate of drug-likeness (QED) is 0.640. The first-order valence-electron chi connectivity index (χ1n) is 7.15. The third-order valence-corrected chi connectivity index (χ3v) is 5.77. The van der Waals surface area contributed by atoms with Crippen molar-refractivity contribution >= 4 is 27.3 Å². The Bertz CT molecular complexity index is 880. The molecule has 0 radical (unpaired) electrons. The summed E-state index contributed by atoms with van der Waals surface area (Å²) in [4.78, 5) is 10.3. The molecule has 0 aromatic heterocycles. The van der Waals surface area contributed by atoms with Crippen LogP contribution in [0.4, 0.5) is 5.69 Å². The minimum atomic E-state index is -3.75. The van der Waals surface area contributed by atoms with Gasteiger partial charge in [0, 0.05) is 23.2 Å². The monoisotopic (exact) mass is 368 g/mol. The number of nitrogens with zero attached hydrogens (tertiary/aromatic N) is 1. The highest BCUT2D eigenvalue weighted by Crippen LogP contribution is 2.25. The van der Waals surface area contributed by atoms with E-state index in [-0.39, 0.29) is 10.6 Å². The van der Waals surface area contributed by atoms with E-state index in [1.807, 2.05) is 0 Å². The minimum Gasteiger partial charge on any atom is -0.258 e. The lowest BCUT2D eigenvalue weighted by Crippen LogP contribution is -2.27. The van der Waals surface area contributed by atoms with E-state index >= 15 is 0 Å². The third kappa shape index (κ3) is 3.92. The molecule has 0 bridgehead atoms. The van der Waals surface area contributed by atoms with Crippen molar-refractivity contribution in [2.45, 2.75) is 31.7 Å². The highest BCUT2D eigenvalue weighted by atomic mass is 35.5. The van der Waals surface area contributed by atoms with Crippen LogP contribution in [0, 0.1) is 24.0 Å². The molecule has 1 unspecified atom stereocenters. The van der Waals surface area contributed by atoms with Crippen LogP contribution >= 0.6 is 11.6 Å². The van der Waals surface area contributed by atoms with Crippen LogP contribution in [0.3, 0.4) is 0 Å². The fourth-order valence-corrected chi connectivity index (χ4v) is 4.05. The van der Waals surface area contributed by atoms with E-state index < -0.39 is 21.0 Å². The van der Waals surface area contributed by atoms with Crippen LogP contribution in [-0.2, 0) is 10.0 Å². The van der Waals surface area contributed by atoms with Gasteiger partial charge in [0.25, 0.3) is 5.69 Å². The second-order valence-corrected chi connectivity index (χ2v) is 7.65. The second-order valence-electron chi connectivity index (χ2n) is 5.56. The maximum atomic E-state index is 12.6. The summed E-state index contributed by atoms with van der Waals surface area (Å²) in [5, 5.41) is 11.2. The predicted molar refractivity (Wildman–Crippen MR) is 92.8 cm³/mol. The largest absolute Gasteiger partial charge is 0.269 e. The van der Waals surface area contributed by atoms with Gasteiger partial charge < -0.3 is 0 Å². The molecule has 2 aromatic carbocycles. The van der Waals surface area contributed by atoms with Crippen molar-refractivity contribution in [1.82, 2.24) is 4.72 Å². The smallest absolute Gasteiger partial charge is 0.258 e. The molecule has 1 N–H and O–H groups in total. The van der Waals surface area contributed by atoms with E-state index in [9.17, 15) is 18.5 Å². The molecule has 0 aliphatic carbocycles. The molecular formula is C16H17ClN2O4S. The molecule has 0 saturated carbocycles. The van der Waals surface area contributed by atoms with Crippen LogP contribution in [-0.4, -0.2) is 13.3 Å². The van der Waals surface area contributed by atoms with Crippen LogP contribution < -0.4 is 4.72 Å². The Morgan fingerprint density at radius 3 is 2.25 bits per heavy atom. The van der Waals surface area contributed by atoms with Crippen molar-refractivity contribution < 1.29 is 13.3 Å². The molecule has 6 nitrogen and oxygen atoms in total. The van der Waals surface area contributed by atoms with Crippen molar-refractivity contribution in [2.24, 2.45) is 0 Å². The summed E-state index contributed by atoms with van der Waals surface area (Å²) in [5.41, 5.74) is 1.81. The lowest BCUT2D eigenvalue weighted by atomic mass is 10.1. The van der Waals surface area contributed by atoms with Crippen molar-refractivity contribution in [2.75, 3.05) is 0 Å². The van der Waals surface area contributed by atoms with Gasteiger partial charge in [-0.15, -0.1) is 0 Å². The molecule has 0 amide bonds. The molecule has 0 aliphatic heterocycles. The molecule has 1 atom stereocenters. The summed E-state index contributed by atoms with van der Waals surface area (Å²) in [6.07, 6.45) is 0. The van der Waals surface area contributed by atoms with Gasteiger partial charge in [0.15, 0.2) is 0 Å². The Hall–Kier alpha value is -1.96. The van der Waals surface area contributed by atoms with Gasteiger partial charge >= 0.3 is 0 Å². The highest BCUT2D eigenvalue weighted by molar-refractivity contribution is 7.89. The number of nitro benzene ring substituents is 1. The van der Waals surface area contributed by atoms with E-state index in [0.717, 1.165) is 0 Å².